The summed E-state index contributed by atoms with van der Waals surface area (Å²) in [6.07, 6.45) is 4.67. The normalized spacial score (nSPS) is 42.1. The van der Waals surface area contributed by atoms with Gasteiger partial charge in [0.15, 0.2) is 0 Å². The van der Waals surface area contributed by atoms with Crippen molar-refractivity contribution >= 4 is 17.3 Å². The molecule has 0 aromatic heterocycles. The molecule has 1 aliphatic carbocycles. The molecule has 2 bridgehead atoms. The number of ether oxygens (including phenoxy) is 1. The van der Waals surface area contributed by atoms with Crippen LogP contribution >= 0.6 is 0 Å². The van der Waals surface area contributed by atoms with E-state index in [-0.39, 0.29) is 40.0 Å². The number of amides is 1. The second-order valence-corrected chi connectivity index (χ2v) is 9.22. The molecule has 1 aromatic carbocycles. The number of non-ortho nitro benzene ring substituents is 1. The van der Waals surface area contributed by atoms with Gasteiger partial charge in [-0.05, 0) is 36.9 Å². The van der Waals surface area contributed by atoms with Gasteiger partial charge >= 0.3 is 0 Å². The van der Waals surface area contributed by atoms with Crippen molar-refractivity contribution in [2.75, 3.05) is 24.6 Å². The summed E-state index contributed by atoms with van der Waals surface area (Å²) in [5, 5.41) is 11.5. The van der Waals surface area contributed by atoms with E-state index >= 15 is 0 Å². The largest absolute Gasteiger partial charge is 0.373 e. The number of carbonyl (C=O) groups is 1. The van der Waals surface area contributed by atoms with E-state index in [0.29, 0.717) is 25.0 Å². The predicted octanol–water partition coefficient (Wildman–Crippen LogP) is 2.00. The summed E-state index contributed by atoms with van der Waals surface area (Å²) in [4.78, 5) is 29.0. The molecular formula is C21H21N3O4. The second-order valence-electron chi connectivity index (χ2n) is 9.22. The van der Waals surface area contributed by atoms with Crippen molar-refractivity contribution in [3.8, 4) is 0 Å². The summed E-state index contributed by atoms with van der Waals surface area (Å²) in [5.41, 5.74) is 3.35. The van der Waals surface area contributed by atoms with Crippen LogP contribution in [0.5, 0.6) is 0 Å². The van der Waals surface area contributed by atoms with E-state index in [1.807, 2.05) is 11.0 Å². The van der Waals surface area contributed by atoms with Crippen LogP contribution in [0, 0.1) is 22.0 Å². The molecule has 7 rings (SSSR count). The number of hydrogen-bond donors (Lipinski definition) is 0. The minimum absolute atomic E-state index is 0.0400. The van der Waals surface area contributed by atoms with Crippen molar-refractivity contribution in [2.24, 2.45) is 11.8 Å². The van der Waals surface area contributed by atoms with E-state index in [1.165, 1.54) is 5.57 Å². The number of nitro groups is 1. The molecule has 28 heavy (non-hydrogen) atoms. The third-order valence-corrected chi connectivity index (χ3v) is 8.50. The van der Waals surface area contributed by atoms with Gasteiger partial charge in [-0.3, -0.25) is 19.8 Å². The molecule has 3 saturated heterocycles. The fourth-order valence-electron chi connectivity index (χ4n) is 7.65. The number of hydrogen-bond acceptors (Lipinski definition) is 5. The van der Waals surface area contributed by atoms with Gasteiger partial charge in [-0.25, -0.2) is 0 Å². The van der Waals surface area contributed by atoms with Crippen molar-refractivity contribution in [3.63, 3.8) is 0 Å². The fourth-order valence-corrected chi connectivity index (χ4v) is 7.65. The molecule has 7 heteroatoms. The number of benzene rings is 1. The summed E-state index contributed by atoms with van der Waals surface area (Å²) in [6, 6.07) is 5.56. The maximum absolute atomic E-state index is 13.3. The molecule has 5 heterocycles. The first kappa shape index (κ1) is 15.6. The van der Waals surface area contributed by atoms with Crippen LogP contribution in [0.1, 0.15) is 24.8 Å². The summed E-state index contributed by atoms with van der Waals surface area (Å²) in [6.45, 7) is 2.57. The Labute approximate surface area is 162 Å². The standard InChI is InChI=1S/C21H21N3O4/c25-18-9-16-19-13-8-17-21(4-5-22(17)10-11(13)3-6-28-16)14-7-12(24(26)27)1-2-15(14)23(18)20(19)21/h1-3,7,13,16-17,19-20H,4-6,8-10H2/t13-,16-,17+,19-,20+,21+/m0/s1. The molecule has 5 aliphatic heterocycles. The van der Waals surface area contributed by atoms with E-state index in [2.05, 4.69) is 11.0 Å². The van der Waals surface area contributed by atoms with Gasteiger partial charge in [-0.1, -0.05) is 11.6 Å². The zero-order chi connectivity index (χ0) is 18.8. The quantitative estimate of drug-likeness (QED) is 0.424. The fraction of sp³-hybridized carbons (Fsp3) is 0.571. The SMILES string of the molecule is O=C1C[C@@H]2OCC=C3CN4CC[C@]56c7cc([N+](=O)[O-])ccc7N1[C@@H]5[C@H]2[C@H]3C[C@@H]46. The van der Waals surface area contributed by atoms with Crippen LogP contribution in [0.15, 0.2) is 29.8 Å². The first-order valence-electron chi connectivity index (χ1n) is 10.2. The zero-order valence-corrected chi connectivity index (χ0v) is 15.4. The average molecular weight is 379 g/mol. The zero-order valence-electron chi connectivity index (χ0n) is 15.4. The van der Waals surface area contributed by atoms with Crippen molar-refractivity contribution in [3.05, 3.63) is 45.5 Å². The predicted molar refractivity (Wildman–Crippen MR) is 100 cm³/mol. The molecule has 6 atom stereocenters. The van der Waals surface area contributed by atoms with Crippen LogP contribution < -0.4 is 4.90 Å². The van der Waals surface area contributed by atoms with Crippen molar-refractivity contribution < 1.29 is 14.5 Å². The number of nitro benzene ring substituents is 1. The highest BCUT2D eigenvalue weighted by Gasteiger charge is 2.71. The minimum Gasteiger partial charge on any atom is -0.373 e. The van der Waals surface area contributed by atoms with Crippen LogP contribution in [0.3, 0.4) is 0 Å². The van der Waals surface area contributed by atoms with Gasteiger partial charge in [0.1, 0.15) is 0 Å². The number of piperidine rings is 2. The summed E-state index contributed by atoms with van der Waals surface area (Å²) < 4.78 is 6.20. The van der Waals surface area contributed by atoms with Crippen molar-refractivity contribution in [2.45, 2.75) is 42.9 Å². The molecule has 1 spiro atoms. The van der Waals surface area contributed by atoms with Crippen LogP contribution in [0.25, 0.3) is 0 Å². The monoisotopic (exact) mass is 379 g/mol. The van der Waals surface area contributed by atoms with Crippen molar-refractivity contribution in [1.29, 1.82) is 0 Å². The van der Waals surface area contributed by atoms with E-state index < -0.39 is 0 Å². The molecule has 4 fully saturated rings. The Morgan fingerprint density at radius 2 is 2.21 bits per heavy atom. The van der Waals surface area contributed by atoms with Gasteiger partial charge in [0.05, 0.1) is 30.1 Å². The minimum atomic E-state index is -0.312. The van der Waals surface area contributed by atoms with Crippen molar-refractivity contribution in [1.82, 2.24) is 4.90 Å². The average Bonchev–Trinajstić information content (AvgIpc) is 3.15. The lowest BCUT2D eigenvalue weighted by molar-refractivity contribution is -0.384. The molecule has 144 valence electrons. The Balaban J connectivity index is 1.52. The molecule has 0 unspecified atom stereocenters. The molecule has 7 nitrogen and oxygen atoms in total. The maximum atomic E-state index is 13.3. The van der Waals surface area contributed by atoms with Gasteiger partial charge in [-0.15, -0.1) is 0 Å². The van der Waals surface area contributed by atoms with Crippen LogP contribution in [0.2, 0.25) is 0 Å². The van der Waals surface area contributed by atoms with Crippen LogP contribution in [-0.2, 0) is 14.9 Å². The first-order valence-corrected chi connectivity index (χ1v) is 10.2. The molecule has 0 N–H and O–H groups in total. The Morgan fingerprint density at radius 3 is 3.07 bits per heavy atom. The highest BCUT2D eigenvalue weighted by Crippen LogP contribution is 2.65. The topological polar surface area (TPSA) is 75.9 Å². The van der Waals surface area contributed by atoms with Gasteiger partial charge in [-0.2, -0.15) is 0 Å². The molecule has 1 aromatic rings. The van der Waals surface area contributed by atoms with Gasteiger partial charge < -0.3 is 9.64 Å². The summed E-state index contributed by atoms with van der Waals surface area (Å²) in [5.74, 6) is 0.861. The smallest absolute Gasteiger partial charge is 0.269 e. The molecule has 1 saturated carbocycles. The highest BCUT2D eigenvalue weighted by molar-refractivity contribution is 5.99. The van der Waals surface area contributed by atoms with E-state index in [4.69, 9.17) is 4.74 Å². The molecule has 0 radical (unpaired) electrons. The lowest BCUT2D eigenvalue weighted by Crippen LogP contribution is -2.69. The number of fused-ring (bicyclic) bond motifs is 2. The number of carbonyl (C=O) groups excluding carboxylic acids is 1. The van der Waals surface area contributed by atoms with Crippen LogP contribution in [-0.4, -0.2) is 53.6 Å². The van der Waals surface area contributed by atoms with E-state index in [9.17, 15) is 14.9 Å². The Kier molecular flexibility index (Phi) is 2.70. The second kappa shape index (κ2) is 4.83. The number of anilines is 1. The Morgan fingerprint density at radius 1 is 1.32 bits per heavy atom. The van der Waals surface area contributed by atoms with E-state index in [0.717, 1.165) is 37.2 Å². The lowest BCUT2D eigenvalue weighted by atomic mass is 9.53. The van der Waals surface area contributed by atoms with E-state index in [1.54, 1.807) is 12.1 Å². The third-order valence-electron chi connectivity index (χ3n) is 8.50. The van der Waals surface area contributed by atoms with Crippen LogP contribution in [0.4, 0.5) is 11.4 Å². The lowest BCUT2D eigenvalue weighted by Gasteiger charge is -2.58. The molecular weight excluding hydrogens is 358 g/mol. The summed E-state index contributed by atoms with van der Waals surface area (Å²) >= 11 is 0. The first-order chi connectivity index (χ1) is 13.6. The number of nitrogens with zero attached hydrogens (tertiary/aromatic N) is 3. The third kappa shape index (κ3) is 1.56. The van der Waals surface area contributed by atoms with Gasteiger partial charge in [0.25, 0.3) is 5.69 Å². The summed E-state index contributed by atoms with van der Waals surface area (Å²) in [7, 11) is 0. The number of rotatable bonds is 1. The Hall–Kier alpha value is -2.25. The van der Waals surface area contributed by atoms with Gasteiger partial charge in [0.2, 0.25) is 5.91 Å². The maximum Gasteiger partial charge on any atom is 0.269 e. The molecule has 1 amide bonds. The van der Waals surface area contributed by atoms with Gasteiger partial charge in [0, 0.05) is 41.7 Å². The molecule has 6 aliphatic rings. The Bertz CT molecular complexity index is 990. The highest BCUT2D eigenvalue weighted by atomic mass is 16.6.